The molecule has 1 aliphatic heterocycles. The molecule has 2 aromatic rings. The van der Waals surface area contributed by atoms with Gasteiger partial charge in [-0.15, -0.1) is 0 Å². The van der Waals surface area contributed by atoms with Crippen molar-refractivity contribution < 1.29 is 9.31 Å². The zero-order valence-corrected chi connectivity index (χ0v) is 11.9. The highest BCUT2D eigenvalue weighted by Crippen LogP contribution is 2.30. The molecule has 1 aromatic heterocycles. The molecule has 2 heterocycles. The summed E-state index contributed by atoms with van der Waals surface area (Å²) in [6, 6.07) is 9.44. The molecule has 0 amide bonds. The predicted octanol–water partition coefficient (Wildman–Crippen LogP) is 2.46. The van der Waals surface area contributed by atoms with Crippen LogP contribution in [0.25, 0.3) is 0 Å². The van der Waals surface area contributed by atoms with Gasteiger partial charge < -0.3 is 9.80 Å². The predicted molar refractivity (Wildman–Crippen MR) is 81.7 cm³/mol. The van der Waals surface area contributed by atoms with Crippen LogP contribution in [0.1, 0.15) is 0 Å². The lowest BCUT2D eigenvalue weighted by molar-refractivity contribution is -0.384. The molecule has 0 spiro atoms. The fraction of sp³-hybridized carbons (Fsp3) is 0.267. The third-order valence-electron chi connectivity index (χ3n) is 3.73. The third kappa shape index (κ3) is 2.83. The van der Waals surface area contributed by atoms with E-state index in [9.17, 15) is 14.5 Å². The van der Waals surface area contributed by atoms with Crippen LogP contribution >= 0.6 is 0 Å². The van der Waals surface area contributed by atoms with E-state index in [0.717, 1.165) is 11.9 Å². The van der Waals surface area contributed by atoms with Crippen molar-refractivity contribution in [2.75, 3.05) is 36.0 Å². The van der Waals surface area contributed by atoms with Crippen LogP contribution in [0.3, 0.4) is 0 Å². The van der Waals surface area contributed by atoms with Gasteiger partial charge in [-0.05, 0) is 24.3 Å². The van der Waals surface area contributed by atoms with Crippen LogP contribution in [0.2, 0.25) is 0 Å². The number of hydrogen-bond donors (Lipinski definition) is 0. The first-order valence-corrected chi connectivity index (χ1v) is 7.00. The standard InChI is InChI=1S/C15H15FN4O2/c16-12-4-5-13(14(11-12)20(21)22)18-7-9-19(10-8-18)15-3-1-2-6-17-15/h1-6,11H,7-10H2. The fourth-order valence-electron chi connectivity index (χ4n) is 2.63. The van der Waals surface area contributed by atoms with Crippen molar-refractivity contribution in [1.82, 2.24) is 4.98 Å². The van der Waals surface area contributed by atoms with Crippen molar-refractivity contribution in [3.63, 3.8) is 0 Å². The van der Waals surface area contributed by atoms with E-state index < -0.39 is 10.7 Å². The zero-order valence-electron chi connectivity index (χ0n) is 11.9. The quantitative estimate of drug-likeness (QED) is 0.644. The molecule has 0 radical (unpaired) electrons. The fourth-order valence-corrected chi connectivity index (χ4v) is 2.63. The van der Waals surface area contributed by atoms with Crippen molar-refractivity contribution in [1.29, 1.82) is 0 Å². The SMILES string of the molecule is O=[N+]([O-])c1cc(F)ccc1N1CCN(c2ccccn2)CC1. The first kappa shape index (κ1) is 14.2. The minimum atomic E-state index is -0.595. The van der Waals surface area contributed by atoms with Crippen molar-refractivity contribution in [2.45, 2.75) is 0 Å². The Morgan fingerprint density at radius 3 is 2.45 bits per heavy atom. The highest BCUT2D eigenvalue weighted by atomic mass is 19.1. The van der Waals surface area contributed by atoms with Crippen LogP contribution < -0.4 is 9.80 Å². The van der Waals surface area contributed by atoms with Gasteiger partial charge in [0.2, 0.25) is 0 Å². The van der Waals surface area contributed by atoms with E-state index in [1.165, 1.54) is 12.1 Å². The Labute approximate surface area is 127 Å². The molecule has 0 atom stereocenters. The molecule has 0 saturated carbocycles. The average Bonchev–Trinajstić information content (AvgIpc) is 2.56. The summed E-state index contributed by atoms with van der Waals surface area (Å²) in [6.45, 7) is 2.68. The highest BCUT2D eigenvalue weighted by molar-refractivity contribution is 5.64. The Hall–Kier alpha value is -2.70. The lowest BCUT2D eigenvalue weighted by atomic mass is 10.2. The Balaban J connectivity index is 1.76. The van der Waals surface area contributed by atoms with E-state index in [-0.39, 0.29) is 5.69 Å². The van der Waals surface area contributed by atoms with Crippen LogP contribution in [-0.2, 0) is 0 Å². The summed E-state index contributed by atoms with van der Waals surface area (Å²) < 4.78 is 13.2. The van der Waals surface area contributed by atoms with Gasteiger partial charge in [0.05, 0.1) is 11.0 Å². The molecule has 1 fully saturated rings. The Bertz CT molecular complexity index is 672. The van der Waals surface area contributed by atoms with Gasteiger partial charge in [-0.25, -0.2) is 9.37 Å². The van der Waals surface area contributed by atoms with Gasteiger partial charge in [0.15, 0.2) is 0 Å². The molecule has 0 N–H and O–H groups in total. The second-order valence-electron chi connectivity index (χ2n) is 5.05. The molecule has 0 bridgehead atoms. The van der Waals surface area contributed by atoms with E-state index in [0.29, 0.717) is 31.9 Å². The van der Waals surface area contributed by atoms with E-state index in [4.69, 9.17) is 0 Å². The van der Waals surface area contributed by atoms with Crippen LogP contribution in [0.5, 0.6) is 0 Å². The number of nitro groups is 1. The average molecular weight is 302 g/mol. The molecular weight excluding hydrogens is 287 g/mol. The monoisotopic (exact) mass is 302 g/mol. The van der Waals surface area contributed by atoms with E-state index in [1.54, 1.807) is 6.20 Å². The Kier molecular flexibility index (Phi) is 3.86. The number of nitrogens with zero attached hydrogens (tertiary/aromatic N) is 4. The maximum atomic E-state index is 13.2. The maximum absolute atomic E-state index is 13.2. The summed E-state index contributed by atoms with van der Waals surface area (Å²) in [5, 5.41) is 11.1. The van der Waals surface area contributed by atoms with Gasteiger partial charge in [-0.3, -0.25) is 10.1 Å². The molecule has 0 unspecified atom stereocenters. The number of piperazine rings is 1. The topological polar surface area (TPSA) is 62.5 Å². The molecule has 3 rings (SSSR count). The molecule has 22 heavy (non-hydrogen) atoms. The molecule has 0 aliphatic carbocycles. The molecule has 1 aromatic carbocycles. The molecule has 114 valence electrons. The normalized spacial score (nSPS) is 15.0. The maximum Gasteiger partial charge on any atom is 0.295 e. The number of pyridine rings is 1. The lowest BCUT2D eigenvalue weighted by Gasteiger charge is -2.36. The van der Waals surface area contributed by atoms with Crippen LogP contribution in [0, 0.1) is 15.9 Å². The third-order valence-corrected chi connectivity index (χ3v) is 3.73. The van der Waals surface area contributed by atoms with Gasteiger partial charge in [0.1, 0.15) is 17.3 Å². The summed E-state index contributed by atoms with van der Waals surface area (Å²) in [5.74, 6) is 0.304. The van der Waals surface area contributed by atoms with Crippen LogP contribution in [-0.4, -0.2) is 36.1 Å². The van der Waals surface area contributed by atoms with Gasteiger partial charge in [0.25, 0.3) is 5.69 Å². The molecule has 6 nitrogen and oxygen atoms in total. The molecule has 1 saturated heterocycles. The number of benzene rings is 1. The largest absolute Gasteiger partial charge is 0.362 e. The summed E-state index contributed by atoms with van der Waals surface area (Å²) in [7, 11) is 0. The lowest BCUT2D eigenvalue weighted by Crippen LogP contribution is -2.47. The number of halogens is 1. The number of rotatable bonds is 3. The van der Waals surface area contributed by atoms with E-state index >= 15 is 0 Å². The van der Waals surface area contributed by atoms with Crippen LogP contribution in [0.4, 0.5) is 21.6 Å². The van der Waals surface area contributed by atoms with Crippen molar-refractivity contribution >= 4 is 17.2 Å². The molecular formula is C15H15FN4O2. The zero-order chi connectivity index (χ0) is 15.5. The second-order valence-corrected chi connectivity index (χ2v) is 5.05. The summed E-state index contributed by atoms with van der Waals surface area (Å²) in [5.41, 5.74) is 0.276. The van der Waals surface area contributed by atoms with E-state index in [1.807, 2.05) is 23.1 Å². The summed E-state index contributed by atoms with van der Waals surface area (Å²) in [6.07, 6.45) is 1.74. The molecule has 7 heteroatoms. The number of anilines is 2. The number of hydrogen-bond acceptors (Lipinski definition) is 5. The highest BCUT2D eigenvalue weighted by Gasteiger charge is 2.24. The minimum Gasteiger partial charge on any atom is -0.362 e. The van der Waals surface area contributed by atoms with Crippen molar-refractivity contribution in [3.8, 4) is 0 Å². The first-order valence-electron chi connectivity index (χ1n) is 7.00. The van der Waals surface area contributed by atoms with Gasteiger partial charge in [0, 0.05) is 32.4 Å². The Morgan fingerprint density at radius 2 is 1.82 bits per heavy atom. The minimum absolute atomic E-state index is 0.189. The first-order chi connectivity index (χ1) is 10.6. The van der Waals surface area contributed by atoms with Gasteiger partial charge in [-0.1, -0.05) is 6.07 Å². The van der Waals surface area contributed by atoms with Crippen molar-refractivity contribution in [3.05, 3.63) is 58.5 Å². The number of nitro benzene ring substituents is 1. The second kappa shape index (κ2) is 5.97. The van der Waals surface area contributed by atoms with E-state index in [2.05, 4.69) is 9.88 Å². The van der Waals surface area contributed by atoms with Crippen molar-refractivity contribution in [2.24, 2.45) is 0 Å². The Morgan fingerprint density at radius 1 is 1.09 bits per heavy atom. The van der Waals surface area contributed by atoms with Crippen LogP contribution in [0.15, 0.2) is 42.6 Å². The number of aromatic nitrogens is 1. The molecule has 1 aliphatic rings. The summed E-state index contributed by atoms with van der Waals surface area (Å²) >= 11 is 0. The smallest absolute Gasteiger partial charge is 0.295 e. The van der Waals surface area contributed by atoms with Gasteiger partial charge >= 0.3 is 0 Å². The summed E-state index contributed by atoms with van der Waals surface area (Å²) in [4.78, 5) is 18.9. The van der Waals surface area contributed by atoms with Gasteiger partial charge in [-0.2, -0.15) is 0 Å².